The fourth-order valence-corrected chi connectivity index (χ4v) is 1.95. The van der Waals surface area contributed by atoms with E-state index in [4.69, 9.17) is 5.11 Å². The van der Waals surface area contributed by atoms with Gasteiger partial charge in [0.1, 0.15) is 11.5 Å². The Labute approximate surface area is 109 Å². The molecule has 0 saturated carbocycles. The van der Waals surface area contributed by atoms with Crippen molar-refractivity contribution in [2.45, 2.75) is 20.4 Å². The van der Waals surface area contributed by atoms with Gasteiger partial charge < -0.3 is 20.4 Å². The maximum absolute atomic E-state index is 12.1. The molecule has 0 radical (unpaired) electrons. The van der Waals surface area contributed by atoms with Gasteiger partial charge in [0.25, 0.3) is 5.91 Å². The minimum absolute atomic E-state index is 0.0423. The van der Waals surface area contributed by atoms with E-state index >= 15 is 0 Å². The number of imidazole rings is 1. The van der Waals surface area contributed by atoms with Crippen LogP contribution in [0.4, 0.5) is 0 Å². The number of nitrogens with zero attached hydrogens (tertiary/aromatic N) is 1. The number of carbonyl (C=O) groups is 2. The highest BCUT2D eigenvalue weighted by atomic mass is 16.4. The van der Waals surface area contributed by atoms with E-state index < -0.39 is 5.97 Å². The lowest BCUT2D eigenvalue weighted by molar-refractivity contribution is 0.0690. The van der Waals surface area contributed by atoms with Crippen LogP contribution in [0.2, 0.25) is 0 Å². The molecule has 2 heterocycles. The highest BCUT2D eigenvalue weighted by Gasteiger charge is 2.21. The molecule has 7 heteroatoms. The molecule has 0 atom stereocenters. The standard InChI is InChI=1S/C12H14N4O3/c1-6-9(7(2)16-10(6)12(18)19)11(17)15-5-8-13-3-4-14-8/h3-4,16H,5H2,1-2H3,(H,13,14)(H,15,17)(H,18,19). The Morgan fingerprint density at radius 3 is 2.68 bits per heavy atom. The van der Waals surface area contributed by atoms with E-state index in [0.29, 0.717) is 22.6 Å². The molecule has 0 aliphatic rings. The van der Waals surface area contributed by atoms with Crippen molar-refractivity contribution < 1.29 is 14.7 Å². The summed E-state index contributed by atoms with van der Waals surface area (Å²) in [5.41, 5.74) is 1.37. The third kappa shape index (κ3) is 2.49. The Hall–Kier alpha value is -2.57. The Kier molecular flexibility index (Phi) is 3.37. The highest BCUT2D eigenvalue weighted by Crippen LogP contribution is 2.17. The number of rotatable bonds is 4. The van der Waals surface area contributed by atoms with E-state index in [0.717, 1.165) is 0 Å². The SMILES string of the molecule is Cc1[nH]c(C(=O)O)c(C)c1C(=O)NCc1ncc[nH]1. The van der Waals surface area contributed by atoms with Crippen LogP contribution in [0, 0.1) is 13.8 Å². The molecule has 2 rings (SSSR count). The molecule has 4 N–H and O–H groups in total. The van der Waals surface area contributed by atoms with Crippen molar-refractivity contribution in [1.82, 2.24) is 20.3 Å². The molecule has 0 bridgehead atoms. The van der Waals surface area contributed by atoms with Gasteiger partial charge in [-0.3, -0.25) is 4.79 Å². The lowest BCUT2D eigenvalue weighted by Crippen LogP contribution is -2.24. The van der Waals surface area contributed by atoms with Gasteiger partial charge in [0, 0.05) is 18.1 Å². The van der Waals surface area contributed by atoms with Crippen molar-refractivity contribution in [3.63, 3.8) is 0 Å². The number of carbonyl (C=O) groups excluding carboxylic acids is 1. The molecule has 7 nitrogen and oxygen atoms in total. The van der Waals surface area contributed by atoms with Crippen LogP contribution < -0.4 is 5.32 Å². The van der Waals surface area contributed by atoms with Crippen LogP contribution in [0.1, 0.15) is 37.9 Å². The second-order valence-corrected chi connectivity index (χ2v) is 4.15. The van der Waals surface area contributed by atoms with Gasteiger partial charge in [-0.1, -0.05) is 0 Å². The number of aromatic carboxylic acids is 1. The van der Waals surface area contributed by atoms with Crippen molar-refractivity contribution in [3.05, 3.63) is 40.7 Å². The number of amides is 1. The van der Waals surface area contributed by atoms with E-state index in [1.54, 1.807) is 26.2 Å². The van der Waals surface area contributed by atoms with Gasteiger partial charge in [-0.15, -0.1) is 0 Å². The normalized spacial score (nSPS) is 10.4. The molecule has 0 saturated heterocycles. The third-order valence-electron chi connectivity index (χ3n) is 2.85. The lowest BCUT2D eigenvalue weighted by Gasteiger charge is -2.04. The quantitative estimate of drug-likeness (QED) is 0.658. The van der Waals surface area contributed by atoms with Crippen LogP contribution in [-0.4, -0.2) is 31.9 Å². The van der Waals surface area contributed by atoms with E-state index in [1.807, 2.05) is 0 Å². The summed E-state index contributed by atoms with van der Waals surface area (Å²) in [5.74, 6) is -0.765. The van der Waals surface area contributed by atoms with Crippen molar-refractivity contribution in [2.75, 3.05) is 0 Å². The molecule has 0 fully saturated rings. The molecule has 19 heavy (non-hydrogen) atoms. The molecular formula is C12H14N4O3. The first-order valence-corrected chi connectivity index (χ1v) is 5.69. The summed E-state index contributed by atoms with van der Waals surface area (Å²) in [6.07, 6.45) is 3.26. The van der Waals surface area contributed by atoms with Crippen molar-refractivity contribution in [1.29, 1.82) is 0 Å². The maximum atomic E-state index is 12.1. The maximum Gasteiger partial charge on any atom is 0.352 e. The molecule has 100 valence electrons. The van der Waals surface area contributed by atoms with Crippen LogP contribution in [-0.2, 0) is 6.54 Å². The number of carboxylic acid groups (broad SMARTS) is 1. The first-order chi connectivity index (χ1) is 9.00. The summed E-state index contributed by atoms with van der Waals surface area (Å²) in [6.45, 7) is 3.54. The Bertz CT molecular complexity index is 613. The van der Waals surface area contributed by atoms with Gasteiger partial charge in [-0.2, -0.15) is 0 Å². The van der Waals surface area contributed by atoms with E-state index in [1.165, 1.54) is 0 Å². The van der Waals surface area contributed by atoms with Crippen molar-refractivity contribution >= 4 is 11.9 Å². The summed E-state index contributed by atoms with van der Waals surface area (Å²) >= 11 is 0. The van der Waals surface area contributed by atoms with Gasteiger partial charge in [-0.25, -0.2) is 9.78 Å². The van der Waals surface area contributed by atoms with E-state index in [9.17, 15) is 9.59 Å². The number of hydrogen-bond donors (Lipinski definition) is 4. The summed E-state index contributed by atoms with van der Waals surface area (Å²) in [4.78, 5) is 32.6. The Balaban J connectivity index is 2.17. The van der Waals surface area contributed by atoms with Crippen LogP contribution in [0.15, 0.2) is 12.4 Å². The third-order valence-corrected chi connectivity index (χ3v) is 2.85. The first-order valence-electron chi connectivity index (χ1n) is 5.69. The average Bonchev–Trinajstić information content (AvgIpc) is 2.94. The fraction of sp³-hybridized carbons (Fsp3) is 0.250. The number of aromatic nitrogens is 3. The summed E-state index contributed by atoms with van der Waals surface area (Å²) in [7, 11) is 0. The van der Waals surface area contributed by atoms with Gasteiger partial charge in [0.05, 0.1) is 12.1 Å². The minimum atomic E-state index is -1.08. The van der Waals surface area contributed by atoms with Crippen LogP contribution >= 0.6 is 0 Å². The second-order valence-electron chi connectivity index (χ2n) is 4.15. The number of hydrogen-bond acceptors (Lipinski definition) is 3. The van der Waals surface area contributed by atoms with E-state index in [2.05, 4.69) is 20.3 Å². The lowest BCUT2D eigenvalue weighted by atomic mass is 10.1. The van der Waals surface area contributed by atoms with Gasteiger partial charge >= 0.3 is 5.97 Å². The number of carboxylic acids is 1. The van der Waals surface area contributed by atoms with Crippen LogP contribution in [0.3, 0.4) is 0 Å². The predicted molar refractivity (Wildman–Crippen MR) is 67.0 cm³/mol. The fourth-order valence-electron chi connectivity index (χ4n) is 1.95. The molecule has 0 aromatic carbocycles. The van der Waals surface area contributed by atoms with Gasteiger partial charge in [0.15, 0.2) is 0 Å². The highest BCUT2D eigenvalue weighted by molar-refractivity contribution is 6.00. The van der Waals surface area contributed by atoms with Crippen LogP contribution in [0.5, 0.6) is 0 Å². The zero-order valence-electron chi connectivity index (χ0n) is 10.6. The number of nitrogens with one attached hydrogen (secondary N) is 3. The van der Waals surface area contributed by atoms with Crippen LogP contribution in [0.25, 0.3) is 0 Å². The minimum Gasteiger partial charge on any atom is -0.477 e. The van der Waals surface area contributed by atoms with Gasteiger partial charge in [0.2, 0.25) is 0 Å². The first kappa shape index (κ1) is 12.9. The largest absolute Gasteiger partial charge is 0.477 e. The molecule has 2 aromatic heterocycles. The Morgan fingerprint density at radius 1 is 1.42 bits per heavy atom. The summed E-state index contributed by atoms with van der Waals surface area (Å²) < 4.78 is 0. The molecule has 0 spiro atoms. The summed E-state index contributed by atoms with van der Waals surface area (Å²) in [5, 5.41) is 11.7. The van der Waals surface area contributed by atoms with Gasteiger partial charge in [-0.05, 0) is 19.4 Å². The molecule has 0 unspecified atom stereocenters. The Morgan fingerprint density at radius 2 is 2.16 bits per heavy atom. The monoisotopic (exact) mass is 262 g/mol. The topological polar surface area (TPSA) is 111 Å². The number of aryl methyl sites for hydroxylation is 1. The van der Waals surface area contributed by atoms with Crippen molar-refractivity contribution in [3.8, 4) is 0 Å². The zero-order valence-corrected chi connectivity index (χ0v) is 10.6. The molecular weight excluding hydrogens is 248 g/mol. The molecule has 1 amide bonds. The van der Waals surface area contributed by atoms with E-state index in [-0.39, 0.29) is 18.1 Å². The molecule has 0 aliphatic heterocycles. The summed E-state index contributed by atoms with van der Waals surface area (Å²) in [6, 6.07) is 0. The average molecular weight is 262 g/mol. The van der Waals surface area contributed by atoms with Crippen molar-refractivity contribution in [2.24, 2.45) is 0 Å². The number of H-pyrrole nitrogens is 2. The second kappa shape index (κ2) is 4.97. The molecule has 2 aromatic rings. The smallest absolute Gasteiger partial charge is 0.352 e. The number of aromatic amines is 2. The molecule has 0 aliphatic carbocycles. The zero-order chi connectivity index (χ0) is 14.0. The predicted octanol–water partition coefficient (Wildman–Crippen LogP) is 0.983.